The van der Waals surface area contributed by atoms with Crippen LogP contribution in [0.1, 0.15) is 35.7 Å². The van der Waals surface area contributed by atoms with Gasteiger partial charge in [0.1, 0.15) is 0 Å². The Morgan fingerprint density at radius 2 is 1.91 bits per heavy atom. The zero-order valence-corrected chi connectivity index (χ0v) is 14.2. The van der Waals surface area contributed by atoms with E-state index in [2.05, 4.69) is 12.2 Å². The fourth-order valence-electron chi connectivity index (χ4n) is 2.55. The Bertz CT molecular complexity index is 538. The summed E-state index contributed by atoms with van der Waals surface area (Å²) in [7, 11) is 0. The Balaban J connectivity index is 1.94. The number of amides is 1. The molecule has 1 heterocycles. The van der Waals surface area contributed by atoms with Crippen LogP contribution in [0.15, 0.2) is 24.3 Å². The summed E-state index contributed by atoms with van der Waals surface area (Å²) in [5.41, 5.74) is 0.827. The van der Waals surface area contributed by atoms with Crippen molar-refractivity contribution in [2.24, 2.45) is 5.41 Å². The summed E-state index contributed by atoms with van der Waals surface area (Å²) in [4.78, 5) is 23.8. The minimum absolute atomic E-state index is 0.137. The first-order valence-corrected chi connectivity index (χ1v) is 8.99. The lowest BCUT2D eigenvalue weighted by atomic mass is 9.80. The predicted molar refractivity (Wildman–Crippen MR) is 90.7 cm³/mol. The molecule has 126 valence electrons. The summed E-state index contributed by atoms with van der Waals surface area (Å²) in [6, 6.07) is 7.47. The standard InChI is InChI=1S/C17H23NO4S/c1-2-23-11-13-3-5-14(6-4-13)15(19)18-12-17(16(20)21)7-9-22-10-8-17/h3-6H,2,7-12H2,1H3,(H,18,19)(H,20,21). The van der Waals surface area contributed by atoms with Crippen LogP contribution in [-0.2, 0) is 15.3 Å². The van der Waals surface area contributed by atoms with Crippen LogP contribution in [0.3, 0.4) is 0 Å². The first-order chi connectivity index (χ1) is 11.1. The number of aliphatic carboxylic acids is 1. The monoisotopic (exact) mass is 337 g/mol. The van der Waals surface area contributed by atoms with Crippen molar-refractivity contribution in [1.82, 2.24) is 5.32 Å². The number of rotatable bonds is 7. The molecule has 1 fully saturated rings. The molecule has 1 aromatic carbocycles. The number of hydrogen-bond donors (Lipinski definition) is 2. The highest BCUT2D eigenvalue weighted by Gasteiger charge is 2.40. The fraction of sp³-hybridized carbons (Fsp3) is 0.529. The molecule has 6 heteroatoms. The van der Waals surface area contributed by atoms with Crippen LogP contribution in [-0.4, -0.2) is 42.5 Å². The van der Waals surface area contributed by atoms with Crippen molar-refractivity contribution < 1.29 is 19.4 Å². The normalized spacial score (nSPS) is 16.7. The summed E-state index contributed by atoms with van der Waals surface area (Å²) in [6.07, 6.45) is 0.853. The van der Waals surface area contributed by atoms with Gasteiger partial charge in [0.05, 0.1) is 5.41 Å². The molecule has 2 rings (SSSR count). The topological polar surface area (TPSA) is 75.6 Å². The van der Waals surface area contributed by atoms with E-state index in [4.69, 9.17) is 4.74 Å². The second kappa shape index (κ2) is 8.36. The van der Waals surface area contributed by atoms with E-state index in [0.717, 1.165) is 11.5 Å². The second-order valence-corrected chi connectivity index (χ2v) is 6.99. The van der Waals surface area contributed by atoms with Crippen molar-refractivity contribution in [3.63, 3.8) is 0 Å². The second-order valence-electron chi connectivity index (χ2n) is 5.71. The van der Waals surface area contributed by atoms with Crippen LogP contribution in [0.4, 0.5) is 0 Å². The average Bonchev–Trinajstić information content (AvgIpc) is 2.59. The lowest BCUT2D eigenvalue weighted by Crippen LogP contribution is -2.46. The van der Waals surface area contributed by atoms with E-state index in [1.54, 1.807) is 12.1 Å². The van der Waals surface area contributed by atoms with Crippen LogP contribution in [0.25, 0.3) is 0 Å². The van der Waals surface area contributed by atoms with Crippen molar-refractivity contribution in [2.45, 2.75) is 25.5 Å². The van der Waals surface area contributed by atoms with Crippen molar-refractivity contribution in [3.8, 4) is 0 Å². The summed E-state index contributed by atoms with van der Waals surface area (Å²) in [5, 5.41) is 12.3. The number of carbonyl (C=O) groups excluding carboxylic acids is 1. The zero-order chi connectivity index (χ0) is 16.7. The number of benzene rings is 1. The molecule has 2 N–H and O–H groups in total. The highest BCUT2D eigenvalue weighted by Crippen LogP contribution is 2.30. The summed E-state index contributed by atoms with van der Waals surface area (Å²) < 4.78 is 5.23. The van der Waals surface area contributed by atoms with E-state index < -0.39 is 11.4 Å². The van der Waals surface area contributed by atoms with Gasteiger partial charge in [-0.25, -0.2) is 0 Å². The number of hydrogen-bond acceptors (Lipinski definition) is 4. The van der Waals surface area contributed by atoms with Gasteiger partial charge in [0.15, 0.2) is 0 Å². The quantitative estimate of drug-likeness (QED) is 0.800. The predicted octanol–water partition coefficient (Wildman–Crippen LogP) is 2.55. The van der Waals surface area contributed by atoms with Gasteiger partial charge in [0.25, 0.3) is 5.91 Å². The number of thioether (sulfide) groups is 1. The Hall–Kier alpha value is -1.53. The van der Waals surface area contributed by atoms with Gasteiger partial charge in [-0.05, 0) is 36.3 Å². The highest BCUT2D eigenvalue weighted by molar-refractivity contribution is 7.98. The summed E-state index contributed by atoms with van der Waals surface area (Å²) in [5.74, 6) is 0.892. The molecule has 1 amide bonds. The molecule has 0 unspecified atom stereocenters. The van der Waals surface area contributed by atoms with Gasteiger partial charge in [-0.15, -0.1) is 0 Å². The van der Waals surface area contributed by atoms with Gasteiger partial charge >= 0.3 is 5.97 Å². The number of nitrogens with one attached hydrogen (secondary N) is 1. The minimum Gasteiger partial charge on any atom is -0.481 e. The van der Waals surface area contributed by atoms with E-state index in [1.165, 1.54) is 5.56 Å². The smallest absolute Gasteiger partial charge is 0.311 e. The average molecular weight is 337 g/mol. The number of ether oxygens (including phenoxy) is 1. The third-order valence-corrected chi connectivity index (χ3v) is 5.13. The maximum absolute atomic E-state index is 12.2. The molecule has 0 radical (unpaired) electrons. The summed E-state index contributed by atoms with van der Waals surface area (Å²) in [6.45, 7) is 3.09. The molecular weight excluding hydrogens is 314 g/mol. The molecule has 1 saturated heterocycles. The van der Waals surface area contributed by atoms with Crippen LogP contribution in [0, 0.1) is 5.41 Å². The fourth-order valence-corrected chi connectivity index (χ4v) is 3.18. The van der Waals surface area contributed by atoms with Crippen LogP contribution in [0.2, 0.25) is 0 Å². The van der Waals surface area contributed by atoms with Crippen LogP contribution in [0.5, 0.6) is 0 Å². The minimum atomic E-state index is -0.911. The van der Waals surface area contributed by atoms with Gasteiger partial charge in [-0.1, -0.05) is 19.1 Å². The molecular formula is C17H23NO4S. The molecule has 1 aliphatic rings. The first kappa shape index (κ1) is 17.8. The Labute approximate surface area is 140 Å². The third-order valence-electron chi connectivity index (χ3n) is 4.18. The summed E-state index contributed by atoms with van der Waals surface area (Å²) >= 11 is 1.83. The Morgan fingerprint density at radius 3 is 2.48 bits per heavy atom. The number of carbonyl (C=O) groups is 2. The van der Waals surface area contributed by atoms with Crippen molar-refractivity contribution >= 4 is 23.6 Å². The first-order valence-electron chi connectivity index (χ1n) is 7.83. The zero-order valence-electron chi connectivity index (χ0n) is 13.3. The maximum atomic E-state index is 12.2. The molecule has 0 aliphatic carbocycles. The van der Waals surface area contributed by atoms with Gasteiger partial charge < -0.3 is 15.2 Å². The number of carboxylic acid groups (broad SMARTS) is 1. The molecule has 0 spiro atoms. The SMILES string of the molecule is CCSCc1ccc(C(=O)NCC2(C(=O)O)CCOCC2)cc1. The molecule has 0 atom stereocenters. The highest BCUT2D eigenvalue weighted by atomic mass is 32.2. The Kier molecular flexibility index (Phi) is 6.47. The van der Waals surface area contributed by atoms with Crippen LogP contribution >= 0.6 is 11.8 Å². The molecule has 1 aromatic rings. The van der Waals surface area contributed by atoms with Gasteiger partial charge in [-0.3, -0.25) is 9.59 Å². The molecule has 0 saturated carbocycles. The van der Waals surface area contributed by atoms with Gasteiger partial charge in [-0.2, -0.15) is 11.8 Å². The van der Waals surface area contributed by atoms with Gasteiger partial charge in [0, 0.05) is 31.1 Å². The van der Waals surface area contributed by atoms with Crippen LogP contribution < -0.4 is 5.32 Å². The molecule has 0 aromatic heterocycles. The molecule has 23 heavy (non-hydrogen) atoms. The molecule has 0 bridgehead atoms. The third kappa shape index (κ3) is 4.72. The largest absolute Gasteiger partial charge is 0.481 e. The maximum Gasteiger partial charge on any atom is 0.311 e. The van der Waals surface area contributed by atoms with Crippen molar-refractivity contribution in [2.75, 3.05) is 25.5 Å². The van der Waals surface area contributed by atoms with Crippen molar-refractivity contribution in [1.29, 1.82) is 0 Å². The lowest BCUT2D eigenvalue weighted by molar-refractivity contribution is -0.154. The Morgan fingerprint density at radius 1 is 1.26 bits per heavy atom. The number of carboxylic acids is 1. The van der Waals surface area contributed by atoms with Crippen molar-refractivity contribution in [3.05, 3.63) is 35.4 Å². The van der Waals surface area contributed by atoms with E-state index in [0.29, 0.717) is 31.6 Å². The van der Waals surface area contributed by atoms with E-state index >= 15 is 0 Å². The molecule has 1 aliphatic heterocycles. The van der Waals surface area contributed by atoms with Gasteiger partial charge in [0.2, 0.25) is 0 Å². The molecule has 5 nitrogen and oxygen atoms in total. The van der Waals surface area contributed by atoms with E-state index in [9.17, 15) is 14.7 Å². The lowest BCUT2D eigenvalue weighted by Gasteiger charge is -2.33. The van der Waals surface area contributed by atoms with E-state index in [-0.39, 0.29) is 12.5 Å². The van der Waals surface area contributed by atoms with E-state index in [1.807, 2.05) is 23.9 Å².